The van der Waals surface area contributed by atoms with E-state index < -0.39 is 17.8 Å². The zero-order valence-corrected chi connectivity index (χ0v) is 13.6. The third-order valence-electron chi connectivity index (χ3n) is 3.37. The maximum Gasteiger partial charge on any atom is 0.227 e. The Labute approximate surface area is 147 Å². The second-order valence-corrected chi connectivity index (χ2v) is 5.52. The van der Waals surface area contributed by atoms with Gasteiger partial charge in [-0.2, -0.15) is 0 Å². The molecule has 0 radical (unpaired) electrons. The Balaban J connectivity index is 2.24. The van der Waals surface area contributed by atoms with Crippen LogP contribution in [-0.4, -0.2) is 20.9 Å². The third kappa shape index (κ3) is 3.76. The number of aromatic hydroxyl groups is 1. The van der Waals surface area contributed by atoms with Crippen LogP contribution in [0.5, 0.6) is 5.75 Å². The number of hydrogen-bond acceptors (Lipinski definition) is 6. The lowest BCUT2D eigenvalue weighted by Gasteiger charge is -2.09. The van der Waals surface area contributed by atoms with Crippen molar-refractivity contribution in [3.8, 4) is 5.75 Å². The van der Waals surface area contributed by atoms with Gasteiger partial charge in [0.25, 0.3) is 0 Å². The third-order valence-corrected chi connectivity index (χ3v) is 3.62. The van der Waals surface area contributed by atoms with Gasteiger partial charge in [0.15, 0.2) is 5.76 Å². The Hall–Kier alpha value is -2.96. The predicted molar refractivity (Wildman–Crippen MR) is 93.6 cm³/mol. The van der Waals surface area contributed by atoms with Crippen molar-refractivity contribution in [1.82, 2.24) is 4.98 Å². The van der Waals surface area contributed by atoms with E-state index in [9.17, 15) is 15.0 Å². The molecule has 126 valence electrons. The number of hydrogen-bond donors (Lipinski definition) is 2. The van der Waals surface area contributed by atoms with E-state index in [1.165, 1.54) is 0 Å². The maximum atomic E-state index is 11.9. The molecule has 25 heavy (non-hydrogen) atoms. The molecular formula is C18H13ClN2O4. The molecule has 0 aliphatic carbocycles. The number of benzene rings is 1. The summed E-state index contributed by atoms with van der Waals surface area (Å²) < 4.78 is 5.47. The number of halogens is 1. The minimum Gasteiger partial charge on any atom is -0.501 e. The first-order chi connectivity index (χ1) is 12.1. The first-order valence-corrected chi connectivity index (χ1v) is 7.68. The van der Waals surface area contributed by atoms with Gasteiger partial charge in [0.2, 0.25) is 11.2 Å². The van der Waals surface area contributed by atoms with E-state index in [4.69, 9.17) is 16.0 Å². The summed E-state index contributed by atoms with van der Waals surface area (Å²) in [6.45, 7) is -0.479. The summed E-state index contributed by atoms with van der Waals surface area (Å²) in [5.74, 6) is -0.685. The van der Waals surface area contributed by atoms with Crippen LogP contribution in [0, 0.1) is 0 Å². The lowest BCUT2D eigenvalue weighted by Crippen LogP contribution is -2.11. The number of aliphatic hydroxyl groups is 1. The second kappa shape index (κ2) is 7.29. The summed E-state index contributed by atoms with van der Waals surface area (Å²) in [6.07, 6.45) is 3.11. The molecule has 6 nitrogen and oxygen atoms in total. The van der Waals surface area contributed by atoms with Crippen molar-refractivity contribution in [2.24, 2.45) is 4.99 Å². The van der Waals surface area contributed by atoms with Crippen molar-refractivity contribution < 1.29 is 14.6 Å². The van der Waals surface area contributed by atoms with Gasteiger partial charge < -0.3 is 14.6 Å². The molecule has 0 amide bonds. The van der Waals surface area contributed by atoms with E-state index in [0.717, 1.165) is 6.07 Å². The van der Waals surface area contributed by atoms with Crippen LogP contribution in [0.4, 0.5) is 5.69 Å². The Morgan fingerprint density at radius 2 is 1.84 bits per heavy atom. The van der Waals surface area contributed by atoms with Crippen molar-refractivity contribution in [2.75, 3.05) is 0 Å². The number of nitrogens with zero attached hydrogens (tertiary/aromatic N) is 2. The summed E-state index contributed by atoms with van der Waals surface area (Å²) in [5.41, 5.74) is 0.698. The van der Waals surface area contributed by atoms with Gasteiger partial charge in [-0.05, 0) is 36.4 Å². The molecule has 0 aliphatic rings. The monoisotopic (exact) mass is 356 g/mol. The standard InChI is InChI=1S/C18H13ClN2O4/c19-12-1-3-13(4-2-12)21-16(11-5-7-20-8-6-11)18-17(24)15(23)9-14(10-22)25-18/h1-9,22,24H,10H2. The molecule has 2 aromatic heterocycles. The average molecular weight is 357 g/mol. The van der Waals surface area contributed by atoms with E-state index in [0.29, 0.717) is 16.3 Å². The van der Waals surface area contributed by atoms with Crippen molar-refractivity contribution >= 4 is 23.0 Å². The van der Waals surface area contributed by atoms with Gasteiger partial charge in [-0.1, -0.05) is 11.6 Å². The lowest BCUT2D eigenvalue weighted by molar-refractivity contribution is 0.240. The summed E-state index contributed by atoms with van der Waals surface area (Å²) in [7, 11) is 0. The van der Waals surface area contributed by atoms with Crippen LogP contribution in [0.2, 0.25) is 5.02 Å². The number of aromatic nitrogens is 1. The molecule has 0 fully saturated rings. The fourth-order valence-electron chi connectivity index (χ4n) is 2.17. The summed E-state index contributed by atoms with van der Waals surface area (Å²) >= 11 is 5.88. The van der Waals surface area contributed by atoms with Gasteiger partial charge in [-0.15, -0.1) is 0 Å². The highest BCUT2D eigenvalue weighted by molar-refractivity contribution is 6.30. The fraction of sp³-hybridized carbons (Fsp3) is 0.0556. The SMILES string of the molecule is O=c1cc(CO)oc(C(=Nc2ccc(Cl)cc2)c2ccncc2)c1O. The Morgan fingerprint density at radius 1 is 1.16 bits per heavy atom. The summed E-state index contributed by atoms with van der Waals surface area (Å²) in [6, 6.07) is 11.1. The first-order valence-electron chi connectivity index (χ1n) is 7.30. The normalized spacial score (nSPS) is 11.5. The average Bonchev–Trinajstić information content (AvgIpc) is 2.64. The van der Waals surface area contributed by atoms with Crippen molar-refractivity contribution in [3.05, 3.63) is 87.2 Å². The molecule has 0 aliphatic heterocycles. The van der Waals surface area contributed by atoms with Gasteiger partial charge in [0, 0.05) is 29.0 Å². The first kappa shape index (κ1) is 16.9. The van der Waals surface area contributed by atoms with Crippen LogP contribution in [0.25, 0.3) is 0 Å². The number of aliphatic imine (C=N–C) groups is 1. The van der Waals surface area contributed by atoms with Crippen LogP contribution < -0.4 is 5.43 Å². The highest BCUT2D eigenvalue weighted by Crippen LogP contribution is 2.24. The van der Waals surface area contributed by atoms with Crippen molar-refractivity contribution in [1.29, 1.82) is 0 Å². The Kier molecular flexibility index (Phi) is 4.92. The van der Waals surface area contributed by atoms with Crippen LogP contribution in [0.3, 0.4) is 0 Å². The molecule has 0 bridgehead atoms. The second-order valence-electron chi connectivity index (χ2n) is 5.09. The van der Waals surface area contributed by atoms with Crippen LogP contribution in [0.15, 0.2) is 69.1 Å². The lowest BCUT2D eigenvalue weighted by atomic mass is 10.1. The zero-order chi connectivity index (χ0) is 17.8. The molecule has 0 saturated carbocycles. The minimum atomic E-state index is -0.664. The molecule has 3 rings (SSSR count). The van der Waals surface area contributed by atoms with E-state index in [1.54, 1.807) is 48.8 Å². The van der Waals surface area contributed by atoms with Crippen LogP contribution in [0.1, 0.15) is 17.1 Å². The number of rotatable bonds is 4. The minimum absolute atomic E-state index is 0.0238. The Morgan fingerprint density at radius 3 is 2.48 bits per heavy atom. The van der Waals surface area contributed by atoms with Crippen molar-refractivity contribution in [3.63, 3.8) is 0 Å². The molecule has 0 spiro atoms. The van der Waals surface area contributed by atoms with E-state index >= 15 is 0 Å². The molecule has 2 heterocycles. The van der Waals surface area contributed by atoms with E-state index in [2.05, 4.69) is 9.98 Å². The molecule has 3 aromatic rings. The Bertz CT molecular complexity index is 967. The predicted octanol–water partition coefficient (Wildman–Crippen LogP) is 3.06. The van der Waals surface area contributed by atoms with Crippen LogP contribution in [-0.2, 0) is 6.61 Å². The summed E-state index contributed by atoms with van der Waals surface area (Å²) in [5, 5.41) is 20.0. The smallest absolute Gasteiger partial charge is 0.227 e. The summed E-state index contributed by atoms with van der Waals surface area (Å²) in [4.78, 5) is 20.4. The van der Waals surface area contributed by atoms with Gasteiger partial charge in [-0.25, -0.2) is 4.99 Å². The zero-order valence-electron chi connectivity index (χ0n) is 12.9. The van der Waals surface area contributed by atoms with E-state index in [-0.39, 0.29) is 17.2 Å². The van der Waals surface area contributed by atoms with Gasteiger partial charge >= 0.3 is 0 Å². The molecule has 0 saturated heterocycles. The van der Waals surface area contributed by atoms with Gasteiger partial charge in [0.1, 0.15) is 18.1 Å². The topological polar surface area (TPSA) is 95.9 Å². The van der Waals surface area contributed by atoms with Gasteiger partial charge in [0.05, 0.1) is 5.69 Å². The highest BCUT2D eigenvalue weighted by atomic mass is 35.5. The quantitative estimate of drug-likeness (QED) is 0.700. The molecule has 1 aromatic carbocycles. The highest BCUT2D eigenvalue weighted by Gasteiger charge is 2.19. The molecule has 7 heteroatoms. The molecular weight excluding hydrogens is 344 g/mol. The molecule has 0 atom stereocenters. The largest absolute Gasteiger partial charge is 0.501 e. The van der Waals surface area contributed by atoms with Crippen molar-refractivity contribution in [2.45, 2.75) is 6.61 Å². The number of pyridine rings is 1. The maximum absolute atomic E-state index is 11.9. The molecule has 0 unspecified atom stereocenters. The van der Waals surface area contributed by atoms with Gasteiger partial charge in [-0.3, -0.25) is 9.78 Å². The fourth-order valence-corrected chi connectivity index (χ4v) is 2.30. The van der Waals surface area contributed by atoms with Crippen LogP contribution >= 0.6 is 11.6 Å². The number of aliphatic hydroxyl groups excluding tert-OH is 1. The van der Waals surface area contributed by atoms with E-state index in [1.807, 2.05) is 0 Å². The molecule has 2 N–H and O–H groups in total.